The predicted molar refractivity (Wildman–Crippen MR) is 453 cm³/mol. The molecule has 0 bridgehead atoms. The average molecular weight is 2220 g/mol. The average Bonchev–Trinajstić information content (AvgIpc) is 1.65. The largest absolute Gasteiger partial charge is 0.534 e. The van der Waals surface area contributed by atoms with Gasteiger partial charge in [-0.15, -0.1) is 0 Å². The van der Waals surface area contributed by atoms with Crippen LogP contribution in [0.25, 0.3) is 16.8 Å². The summed E-state index contributed by atoms with van der Waals surface area (Å²) in [7, 11) is -6.90. The molecule has 517 valence electrons. The van der Waals surface area contributed by atoms with Crippen LogP contribution in [-0.4, -0.2) is 58.8 Å². The predicted octanol–water partition coefficient (Wildman–Crippen LogP) is 24.6. The first-order valence-corrected chi connectivity index (χ1v) is 37.3. The van der Waals surface area contributed by atoms with Gasteiger partial charge in [-0.3, -0.25) is 24.1 Å². The van der Waals surface area contributed by atoms with Crippen molar-refractivity contribution in [2.24, 2.45) is 0 Å². The van der Waals surface area contributed by atoms with Gasteiger partial charge in [0, 0.05) is 78.3 Å². The Labute approximate surface area is 728 Å². The van der Waals surface area contributed by atoms with Crippen molar-refractivity contribution in [3.05, 3.63) is 306 Å². The molecule has 1 aliphatic carbocycles. The van der Waals surface area contributed by atoms with E-state index in [1.807, 2.05) is 50.3 Å². The van der Waals surface area contributed by atoms with Gasteiger partial charge in [0.2, 0.25) is 0 Å². The Balaban J connectivity index is 0.00000142. The first-order chi connectivity index (χ1) is 55.1. The third-order valence-corrected chi connectivity index (χ3v) is 14.2. The van der Waals surface area contributed by atoms with Crippen LogP contribution < -0.4 is 0 Å². The van der Waals surface area contributed by atoms with Crippen LogP contribution in [0.5, 0.6) is 0 Å². The first kappa shape index (κ1) is 59.1. The van der Waals surface area contributed by atoms with E-state index in [2.05, 4.69) is 158 Å². The number of hydrogen-bond acceptors (Lipinski definition) is 9. The summed E-state index contributed by atoms with van der Waals surface area (Å²) in [6.07, 6.45) is 1.43. The molecule has 1 saturated heterocycles. The molecule has 10 rings (SSSR count). The summed E-state index contributed by atoms with van der Waals surface area (Å²) in [5.41, 5.74) is -5.14. The van der Waals surface area contributed by atoms with Crippen LogP contribution in [0.1, 0.15) is 156 Å². The minimum Gasteiger partial charge on any atom is -0.399 e. The van der Waals surface area contributed by atoms with Gasteiger partial charge in [0.1, 0.15) is 5.70 Å². The Kier molecular flexibility index (Phi) is 29.7. The van der Waals surface area contributed by atoms with Gasteiger partial charge >= 0.3 is 22.7 Å². The van der Waals surface area contributed by atoms with Gasteiger partial charge in [0.15, 0.2) is 24.1 Å². The molecule has 1 atom stereocenters. The maximum atomic E-state index is 12.2. The van der Waals surface area contributed by atoms with Gasteiger partial charge < -0.3 is 36.1 Å². The number of halogens is 13. The fourth-order valence-corrected chi connectivity index (χ4v) is 8.08. The van der Waals surface area contributed by atoms with Crippen LogP contribution in [0.15, 0.2) is 230 Å². The van der Waals surface area contributed by atoms with E-state index in [4.69, 9.17) is 78.4 Å². The Hall–Kier alpha value is -2.15. The number of rotatable bonds is 11. The quantitative estimate of drug-likeness (QED) is 0.0143. The fraction of sp³-hybridized carbons (Fsp3) is 0.169. The monoisotopic (exact) mass is 2220 g/mol. The van der Waals surface area contributed by atoms with Gasteiger partial charge in [-0.1, -0.05) is 347 Å². The molecule has 0 unspecified atom stereocenters. The maximum absolute atomic E-state index is 12.2. The summed E-state index contributed by atoms with van der Waals surface area (Å²) in [6.45, 7) is 19.2. The van der Waals surface area contributed by atoms with Gasteiger partial charge in [-0.05, 0) is 116 Å². The molecule has 9 nitrogen and oxygen atoms in total. The van der Waals surface area contributed by atoms with Crippen molar-refractivity contribution in [2.45, 2.75) is 63.6 Å². The van der Waals surface area contributed by atoms with Crippen LogP contribution in [0.3, 0.4) is 0 Å². The smallest absolute Gasteiger partial charge is 0.399 e. The van der Waals surface area contributed by atoms with Gasteiger partial charge in [-0.2, -0.15) is 35.1 Å². The number of benzene rings is 8. The minimum atomic E-state index is -6.05. The first-order valence-electron chi connectivity index (χ1n) is 38.2. The molecule has 0 amide bonds. The molecule has 0 saturated carbocycles. The number of Topliss-reactive ketones (excluding diaryl/α,β-unsaturated/α-hetero) is 2. The van der Waals surface area contributed by atoms with E-state index in [9.17, 15) is 40.8 Å². The Morgan fingerprint density at radius 1 is 0.691 bits per heavy atom. The topological polar surface area (TPSA) is 130 Å². The van der Waals surface area contributed by atoms with E-state index in [-0.39, 0.29) is 131 Å². The molecule has 1 radical (unpaired) electrons. The van der Waals surface area contributed by atoms with Crippen molar-refractivity contribution in [3.63, 3.8) is 0 Å². The second kappa shape index (κ2) is 48.7. The molecule has 2 aliphatic rings. The third kappa shape index (κ3) is 33.4. The molecular formula is C71H67BBrCl3F3I6O9S2V-. The molecule has 1 heterocycles. The standard InChI is InChI=1S/2C15H11ClO.C14H19BO2.C9H7F3O3S.C8H8O.C7H4BrClO.CHI3.CH2I2.CH2I.H2S.V/c16-11-6-7-12-13(9-15(17)14(12)8-11)10-4-2-1-3-5-10;1-11(12-5-3-2-4-6-12)15-8-7-14(16)9-13(15)10-17;1-11(12-9-7-6-8-10-12)15-16-13(2,3)14(4,5)17-15;1-7(8-5-3-2-4-6-8)15-16(13,14)9(10,11)12;1-7(9)8-5-3-2-4-6-8;8-7-2-1-6(9)3-5(7)4-10;2-1(3)4;2-1-3;1-2;;/h1-8,13H,9H2;2-10H,1H2;6-10H,1H2,2-5H3;2-6H,1H2;2-6H,1H3;1-4H;1H;1H2;1H2;1H2;/q;;;;;;;;-1;;/t13-;;;;;;;;;;/m0........../s1/i1D,2D,3D,4D,5D;2D,3D,4D,5D,6D;6D,7D,8D,9D,10D;2*2D,3D,4D,5D,6D;;;;;;. The Morgan fingerprint density at radius 3 is 1.47 bits per heavy atom. The zero-order valence-electron chi connectivity index (χ0n) is 75.8. The van der Waals surface area contributed by atoms with E-state index in [0.29, 0.717) is 43.6 Å². The van der Waals surface area contributed by atoms with E-state index in [1.165, 1.54) is 21.5 Å². The number of carbonyl (C=O) groups excluding carboxylic acids is 4. The molecule has 8 aromatic carbocycles. The van der Waals surface area contributed by atoms with E-state index in [1.54, 1.807) is 42.5 Å². The number of carbonyl (C=O) groups is 4. The summed E-state index contributed by atoms with van der Waals surface area (Å²) in [4.78, 5) is 47.9. The number of ketones is 2. The van der Waals surface area contributed by atoms with Crippen LogP contribution >= 0.6 is 200 Å². The maximum Gasteiger partial charge on any atom is 0.534 e. The van der Waals surface area contributed by atoms with Gasteiger partial charge in [-0.25, -0.2) is 0 Å². The summed E-state index contributed by atoms with van der Waals surface area (Å²) < 4.78 is 267. The number of aldehydes is 2. The third-order valence-electron chi connectivity index (χ3n) is 11.8. The van der Waals surface area contributed by atoms with Crippen molar-refractivity contribution in [2.75, 3.05) is 2.43 Å². The summed E-state index contributed by atoms with van der Waals surface area (Å²) >= 11 is 34.0. The van der Waals surface area contributed by atoms with E-state index >= 15 is 0 Å². The summed E-state index contributed by atoms with van der Waals surface area (Å²) in [6, 6.07) is 2.18. The molecule has 8 aromatic rings. The Bertz CT molecular complexity index is 5280. The molecule has 0 aromatic heterocycles. The number of alkyl halides is 8. The molecule has 97 heavy (non-hydrogen) atoms. The number of hydrogen-bond donors (Lipinski definition) is 0. The van der Waals surface area contributed by atoms with Gasteiger partial charge in [0.25, 0.3) is 0 Å². The van der Waals surface area contributed by atoms with Crippen molar-refractivity contribution in [3.8, 4) is 0 Å². The molecule has 26 heteroatoms. The van der Waals surface area contributed by atoms with Crippen molar-refractivity contribution >= 4 is 258 Å². The second-order valence-electron chi connectivity index (χ2n) is 18.5. The zero-order chi connectivity index (χ0) is 93.4. The molecule has 1 fully saturated rings. The van der Waals surface area contributed by atoms with Gasteiger partial charge in [0.05, 0.1) is 47.9 Å². The van der Waals surface area contributed by atoms with E-state index < -0.39 is 160 Å². The zero-order valence-corrected chi connectivity index (χ0v) is 70.8. The number of fused-ring (bicyclic) bond motifs is 1. The van der Waals surface area contributed by atoms with Crippen LogP contribution in [-0.2, 0) is 42.2 Å². The Morgan fingerprint density at radius 2 is 1.06 bits per heavy atom. The van der Waals surface area contributed by atoms with Crippen molar-refractivity contribution in [1.29, 1.82) is 0 Å². The fourth-order valence-electron chi connectivity index (χ4n) is 6.77. The SMILES string of the molecule is IC(I)I.ICI.O=Cc1cc(Cl)ccc1Br.S.[2H]c1c([2H])c([2H])c(C(=C)B2OC(C)(C)C(C)(C)O2)c([2H])c1[2H].[2H]c1c([2H])c([2H])c(C(=C)OS(=O)(=O)C(F)(F)F)c([2H])c1[2H].[2H]c1c([2H])c([2H])c(C(=C)c2ccc(Cl)cc2C=O)c([2H])c1[2H].[2H]c1c([2H])c([2H])c(C(C)=O)c([2H])c1[2H].[2H]c1c([2H])c([2H])c([C@@H]2CC(=O)c3cc(Cl)ccc32)c([2H])c1[2H].[CH2-]I.[V]. The summed E-state index contributed by atoms with van der Waals surface area (Å²) in [5.74, 6) is -2.41. The van der Waals surface area contributed by atoms with Crippen LogP contribution in [0, 0.1) is 4.93 Å². The minimum absolute atomic E-state index is 0. The normalized spacial score (nSPS) is 16.7. The molecule has 0 N–H and O–H groups in total. The van der Waals surface area contributed by atoms with Crippen LogP contribution in [0.4, 0.5) is 13.2 Å². The molecule has 0 spiro atoms. The van der Waals surface area contributed by atoms with Crippen molar-refractivity contribution < 1.29 is 107 Å². The van der Waals surface area contributed by atoms with Crippen LogP contribution in [0.2, 0.25) is 15.1 Å². The second-order valence-corrected chi connectivity index (χ2v) is 37.5. The molecule has 1 aliphatic heterocycles. The van der Waals surface area contributed by atoms with Crippen molar-refractivity contribution in [1.82, 2.24) is 0 Å². The summed E-state index contributed by atoms with van der Waals surface area (Å²) in [5, 5.41) is 1.37. The van der Waals surface area contributed by atoms with E-state index in [0.717, 1.165) is 10.7 Å². The molecular weight excluding hydrogens is 2130 g/mol.